The highest BCUT2D eigenvalue weighted by Crippen LogP contribution is 2.32. The van der Waals surface area contributed by atoms with Crippen LogP contribution in [0.5, 0.6) is 0 Å². The Kier molecular flexibility index (Phi) is 3.89. The van der Waals surface area contributed by atoms with Crippen LogP contribution in [0.25, 0.3) is 10.9 Å². The van der Waals surface area contributed by atoms with Crippen LogP contribution in [-0.4, -0.2) is 37.5 Å². The fourth-order valence-corrected chi connectivity index (χ4v) is 3.31. The Morgan fingerprint density at radius 3 is 2.96 bits per heavy atom. The van der Waals surface area contributed by atoms with Gasteiger partial charge in [0.2, 0.25) is 5.89 Å². The van der Waals surface area contributed by atoms with E-state index in [9.17, 15) is 4.79 Å². The lowest BCUT2D eigenvalue weighted by molar-refractivity contribution is 0.0987. The SMILES string of the molecule is Cc1nc(CN2CCC[C@H]2c2nc(C(N)=O)no2)nc2ccccc12. The van der Waals surface area contributed by atoms with Crippen molar-refractivity contribution in [1.29, 1.82) is 0 Å². The van der Waals surface area contributed by atoms with Crippen molar-refractivity contribution in [2.45, 2.75) is 32.4 Å². The van der Waals surface area contributed by atoms with Gasteiger partial charge >= 0.3 is 0 Å². The molecule has 8 heteroatoms. The van der Waals surface area contributed by atoms with E-state index in [1.165, 1.54) is 0 Å². The molecule has 1 saturated heterocycles. The molecule has 1 aliphatic heterocycles. The van der Waals surface area contributed by atoms with Crippen molar-refractivity contribution in [2.24, 2.45) is 5.73 Å². The van der Waals surface area contributed by atoms with Gasteiger partial charge in [0.15, 0.2) is 0 Å². The number of carbonyl (C=O) groups is 1. The summed E-state index contributed by atoms with van der Waals surface area (Å²) in [6, 6.07) is 7.93. The van der Waals surface area contributed by atoms with E-state index in [0.29, 0.717) is 12.4 Å². The number of carbonyl (C=O) groups excluding carboxylic acids is 1. The van der Waals surface area contributed by atoms with E-state index in [2.05, 4.69) is 25.0 Å². The first-order valence-corrected chi connectivity index (χ1v) is 8.21. The summed E-state index contributed by atoms with van der Waals surface area (Å²) in [6.07, 6.45) is 1.89. The number of likely N-dealkylation sites (tertiary alicyclic amines) is 1. The molecule has 0 unspecified atom stereocenters. The lowest BCUT2D eigenvalue weighted by Crippen LogP contribution is -2.24. The molecule has 4 rings (SSSR count). The van der Waals surface area contributed by atoms with Gasteiger partial charge in [-0.1, -0.05) is 23.4 Å². The zero-order valence-corrected chi connectivity index (χ0v) is 13.8. The maximum atomic E-state index is 11.2. The zero-order valence-electron chi connectivity index (χ0n) is 13.8. The molecule has 0 spiro atoms. The number of hydrogen-bond donors (Lipinski definition) is 1. The highest BCUT2D eigenvalue weighted by atomic mass is 16.5. The number of amides is 1. The second-order valence-electron chi connectivity index (χ2n) is 6.19. The number of primary amides is 1. The minimum atomic E-state index is -0.687. The monoisotopic (exact) mass is 338 g/mol. The van der Waals surface area contributed by atoms with Crippen LogP contribution in [0.2, 0.25) is 0 Å². The molecule has 3 heterocycles. The quantitative estimate of drug-likeness (QED) is 0.771. The molecule has 1 fully saturated rings. The smallest absolute Gasteiger partial charge is 0.290 e. The number of rotatable bonds is 4. The van der Waals surface area contributed by atoms with Crippen LogP contribution >= 0.6 is 0 Å². The summed E-state index contributed by atoms with van der Waals surface area (Å²) in [4.78, 5) is 26.8. The normalized spacial score (nSPS) is 18.0. The van der Waals surface area contributed by atoms with Gasteiger partial charge in [-0.2, -0.15) is 4.98 Å². The van der Waals surface area contributed by atoms with E-state index in [-0.39, 0.29) is 11.9 Å². The molecular formula is C17H18N6O2. The molecular weight excluding hydrogens is 320 g/mol. The molecule has 128 valence electrons. The van der Waals surface area contributed by atoms with Crippen LogP contribution < -0.4 is 5.73 Å². The Hall–Kier alpha value is -2.87. The first-order valence-electron chi connectivity index (χ1n) is 8.21. The first kappa shape index (κ1) is 15.6. The van der Waals surface area contributed by atoms with E-state index in [4.69, 9.17) is 10.3 Å². The topological polar surface area (TPSA) is 111 Å². The van der Waals surface area contributed by atoms with Crippen molar-refractivity contribution in [3.8, 4) is 0 Å². The fourth-order valence-electron chi connectivity index (χ4n) is 3.31. The van der Waals surface area contributed by atoms with E-state index in [1.807, 2.05) is 31.2 Å². The van der Waals surface area contributed by atoms with Crippen molar-refractivity contribution in [2.75, 3.05) is 6.54 Å². The van der Waals surface area contributed by atoms with E-state index >= 15 is 0 Å². The predicted octanol–water partition coefficient (Wildman–Crippen LogP) is 1.76. The van der Waals surface area contributed by atoms with E-state index in [0.717, 1.165) is 41.8 Å². The molecule has 2 aromatic heterocycles. The molecule has 1 amide bonds. The number of aryl methyl sites for hydroxylation is 1. The highest BCUT2D eigenvalue weighted by Gasteiger charge is 2.31. The third kappa shape index (κ3) is 2.96. The number of fused-ring (bicyclic) bond motifs is 1. The van der Waals surface area contributed by atoms with Gasteiger partial charge in [-0.3, -0.25) is 9.69 Å². The summed E-state index contributed by atoms with van der Waals surface area (Å²) in [7, 11) is 0. The van der Waals surface area contributed by atoms with Gasteiger partial charge in [0.1, 0.15) is 5.82 Å². The number of nitrogens with zero attached hydrogens (tertiary/aromatic N) is 5. The van der Waals surface area contributed by atoms with Gasteiger partial charge in [0.05, 0.1) is 18.1 Å². The number of hydrogen-bond acceptors (Lipinski definition) is 7. The van der Waals surface area contributed by atoms with Crippen molar-refractivity contribution < 1.29 is 9.32 Å². The van der Waals surface area contributed by atoms with Gasteiger partial charge in [0.25, 0.3) is 11.7 Å². The summed E-state index contributed by atoms with van der Waals surface area (Å²) < 4.78 is 5.23. The highest BCUT2D eigenvalue weighted by molar-refractivity contribution is 5.88. The van der Waals surface area contributed by atoms with Gasteiger partial charge in [0, 0.05) is 11.1 Å². The average Bonchev–Trinajstić information content (AvgIpc) is 3.24. The average molecular weight is 338 g/mol. The van der Waals surface area contributed by atoms with Crippen LogP contribution in [0.3, 0.4) is 0 Å². The lowest BCUT2D eigenvalue weighted by atomic mass is 10.2. The Morgan fingerprint density at radius 2 is 2.16 bits per heavy atom. The molecule has 1 atom stereocenters. The molecule has 3 aromatic rings. The van der Waals surface area contributed by atoms with Gasteiger partial charge in [-0.25, -0.2) is 9.97 Å². The number of benzene rings is 1. The maximum absolute atomic E-state index is 11.2. The molecule has 0 radical (unpaired) electrons. The molecule has 0 saturated carbocycles. The number of para-hydroxylation sites is 1. The van der Waals surface area contributed by atoms with Gasteiger partial charge in [-0.15, -0.1) is 0 Å². The summed E-state index contributed by atoms with van der Waals surface area (Å²) >= 11 is 0. The standard InChI is InChI=1S/C17H18N6O2/c1-10-11-5-2-3-6-12(11)20-14(19-10)9-23-8-4-7-13(23)17-21-16(15(18)24)22-25-17/h2-3,5-6,13H,4,7-9H2,1H3,(H2,18,24)/t13-/m0/s1. The van der Waals surface area contributed by atoms with Crippen molar-refractivity contribution in [3.05, 3.63) is 47.5 Å². The largest absolute Gasteiger partial charge is 0.363 e. The van der Waals surface area contributed by atoms with Crippen molar-refractivity contribution >= 4 is 16.8 Å². The molecule has 8 nitrogen and oxygen atoms in total. The lowest BCUT2D eigenvalue weighted by Gasteiger charge is -2.20. The molecule has 0 aliphatic carbocycles. The summed E-state index contributed by atoms with van der Waals surface area (Å²) in [5.41, 5.74) is 7.10. The number of aromatic nitrogens is 4. The molecule has 1 aliphatic rings. The second kappa shape index (κ2) is 6.21. The summed E-state index contributed by atoms with van der Waals surface area (Å²) in [5.74, 6) is 0.411. The first-order chi connectivity index (χ1) is 12.1. The number of nitrogens with two attached hydrogens (primary N) is 1. The third-order valence-corrected chi connectivity index (χ3v) is 4.50. The zero-order chi connectivity index (χ0) is 17.4. The maximum Gasteiger partial charge on any atom is 0.290 e. The van der Waals surface area contributed by atoms with Crippen LogP contribution in [0.15, 0.2) is 28.8 Å². The van der Waals surface area contributed by atoms with Crippen molar-refractivity contribution in [1.82, 2.24) is 25.0 Å². The van der Waals surface area contributed by atoms with E-state index < -0.39 is 5.91 Å². The van der Waals surface area contributed by atoms with E-state index in [1.54, 1.807) is 0 Å². The predicted molar refractivity (Wildman–Crippen MR) is 89.5 cm³/mol. The van der Waals surface area contributed by atoms with Gasteiger partial charge in [-0.05, 0) is 32.4 Å². The molecule has 2 N–H and O–H groups in total. The minimum absolute atomic E-state index is 0.0454. The van der Waals surface area contributed by atoms with Crippen molar-refractivity contribution in [3.63, 3.8) is 0 Å². The third-order valence-electron chi connectivity index (χ3n) is 4.50. The Labute approximate surface area is 144 Å². The minimum Gasteiger partial charge on any atom is -0.363 e. The van der Waals surface area contributed by atoms with Crippen LogP contribution in [-0.2, 0) is 6.54 Å². The second-order valence-corrected chi connectivity index (χ2v) is 6.19. The summed E-state index contributed by atoms with van der Waals surface area (Å²) in [6.45, 7) is 3.46. The van der Waals surface area contributed by atoms with Crippen LogP contribution in [0.1, 0.15) is 46.9 Å². The Morgan fingerprint density at radius 1 is 1.32 bits per heavy atom. The Balaban J connectivity index is 1.59. The molecule has 0 bridgehead atoms. The summed E-state index contributed by atoms with van der Waals surface area (Å²) in [5, 5.41) is 4.70. The Bertz CT molecular complexity index is 938. The van der Waals surface area contributed by atoms with Gasteiger partial charge < -0.3 is 10.3 Å². The fraction of sp³-hybridized carbons (Fsp3) is 0.353. The van der Waals surface area contributed by atoms with Crippen LogP contribution in [0, 0.1) is 6.92 Å². The van der Waals surface area contributed by atoms with Crippen LogP contribution in [0.4, 0.5) is 0 Å². The molecule has 1 aromatic carbocycles. The molecule has 25 heavy (non-hydrogen) atoms.